The van der Waals surface area contributed by atoms with Crippen LogP contribution in [-0.4, -0.2) is 39.1 Å². The molecular formula is C21H24N2O6. The fourth-order valence-corrected chi connectivity index (χ4v) is 2.83. The second-order valence-corrected chi connectivity index (χ2v) is 6.16. The molecule has 0 saturated carbocycles. The number of hydrogen-bond donors (Lipinski definition) is 2. The van der Waals surface area contributed by atoms with Crippen molar-refractivity contribution >= 4 is 23.5 Å². The lowest BCUT2D eigenvalue weighted by atomic mass is 10.0. The van der Waals surface area contributed by atoms with Crippen LogP contribution >= 0.6 is 0 Å². The van der Waals surface area contributed by atoms with E-state index >= 15 is 0 Å². The Morgan fingerprint density at radius 1 is 0.966 bits per heavy atom. The highest BCUT2D eigenvalue weighted by Crippen LogP contribution is 2.34. The zero-order chi connectivity index (χ0) is 21.4. The molecule has 0 saturated heterocycles. The topological polar surface area (TPSA) is 103 Å². The molecule has 0 spiro atoms. The summed E-state index contributed by atoms with van der Waals surface area (Å²) < 4.78 is 15.2. The van der Waals surface area contributed by atoms with Gasteiger partial charge in [0.25, 0.3) is 0 Å². The highest BCUT2D eigenvalue weighted by molar-refractivity contribution is 6.02. The molecule has 0 aromatic heterocycles. The summed E-state index contributed by atoms with van der Waals surface area (Å²) in [6, 6.07) is 11.5. The van der Waals surface area contributed by atoms with E-state index in [0.717, 1.165) is 5.56 Å². The Balaban J connectivity index is 2.30. The Morgan fingerprint density at radius 3 is 2.14 bits per heavy atom. The van der Waals surface area contributed by atoms with Gasteiger partial charge < -0.3 is 24.8 Å². The molecule has 1 atom stereocenters. The van der Waals surface area contributed by atoms with Crippen molar-refractivity contribution in [2.45, 2.75) is 19.4 Å². The van der Waals surface area contributed by atoms with Crippen LogP contribution in [0.1, 0.15) is 35.3 Å². The molecule has 154 valence electrons. The summed E-state index contributed by atoms with van der Waals surface area (Å²) in [5.74, 6) is -0.621. The van der Waals surface area contributed by atoms with Gasteiger partial charge in [-0.05, 0) is 5.56 Å². The van der Waals surface area contributed by atoms with Gasteiger partial charge in [0.15, 0.2) is 11.5 Å². The van der Waals surface area contributed by atoms with Crippen molar-refractivity contribution in [1.29, 1.82) is 0 Å². The highest BCUT2D eigenvalue weighted by atomic mass is 16.5. The molecule has 2 aromatic rings. The minimum Gasteiger partial charge on any atom is -0.493 e. The van der Waals surface area contributed by atoms with Crippen LogP contribution in [0.5, 0.6) is 11.5 Å². The van der Waals surface area contributed by atoms with Gasteiger partial charge in [0.05, 0.1) is 45.0 Å². The average molecular weight is 400 g/mol. The lowest BCUT2D eigenvalue weighted by Crippen LogP contribution is -2.30. The first-order chi connectivity index (χ1) is 13.9. The Kier molecular flexibility index (Phi) is 7.59. The van der Waals surface area contributed by atoms with Gasteiger partial charge in [-0.2, -0.15) is 0 Å². The summed E-state index contributed by atoms with van der Waals surface area (Å²) in [7, 11) is 4.13. The lowest BCUT2D eigenvalue weighted by Gasteiger charge is -2.19. The van der Waals surface area contributed by atoms with Crippen molar-refractivity contribution in [3.8, 4) is 11.5 Å². The molecule has 0 radical (unpaired) electrons. The van der Waals surface area contributed by atoms with Gasteiger partial charge in [0, 0.05) is 19.1 Å². The molecule has 0 aliphatic rings. The van der Waals surface area contributed by atoms with Crippen LogP contribution in [0, 0.1) is 0 Å². The van der Waals surface area contributed by atoms with Crippen molar-refractivity contribution < 1.29 is 28.6 Å². The van der Waals surface area contributed by atoms with Crippen LogP contribution in [0.25, 0.3) is 0 Å². The first-order valence-electron chi connectivity index (χ1n) is 8.85. The van der Waals surface area contributed by atoms with Gasteiger partial charge in [-0.3, -0.25) is 9.59 Å². The molecule has 0 aliphatic carbocycles. The molecule has 0 bridgehead atoms. The summed E-state index contributed by atoms with van der Waals surface area (Å²) in [6.07, 6.45) is -0.0292. The molecule has 1 unspecified atom stereocenters. The van der Waals surface area contributed by atoms with E-state index in [0.29, 0.717) is 11.5 Å². The number of ether oxygens (including phenoxy) is 3. The number of carbonyl (C=O) groups is 3. The number of amides is 2. The number of rotatable bonds is 8. The van der Waals surface area contributed by atoms with Crippen molar-refractivity contribution in [1.82, 2.24) is 5.32 Å². The Hall–Kier alpha value is -3.55. The van der Waals surface area contributed by atoms with E-state index in [9.17, 15) is 14.4 Å². The fourth-order valence-electron chi connectivity index (χ4n) is 2.83. The summed E-state index contributed by atoms with van der Waals surface area (Å²) >= 11 is 0. The molecule has 8 heteroatoms. The first-order valence-corrected chi connectivity index (χ1v) is 8.85. The van der Waals surface area contributed by atoms with Crippen LogP contribution in [0.2, 0.25) is 0 Å². The van der Waals surface area contributed by atoms with Gasteiger partial charge in [0.1, 0.15) is 0 Å². The van der Waals surface area contributed by atoms with E-state index < -0.39 is 17.9 Å². The number of esters is 1. The number of carbonyl (C=O) groups excluding carboxylic acids is 3. The number of benzene rings is 2. The van der Waals surface area contributed by atoms with Gasteiger partial charge in [-0.1, -0.05) is 30.3 Å². The van der Waals surface area contributed by atoms with E-state index in [1.807, 2.05) is 30.3 Å². The standard InChI is InChI=1S/C21H24N2O6/c1-13(24)22-16(14-8-6-5-7-9-14)12-20(25)23-17-11-19(28-3)18(27-2)10-15(17)21(26)29-4/h5-11,16H,12H2,1-4H3,(H,22,24)(H,23,25). The van der Waals surface area contributed by atoms with Gasteiger partial charge in [-0.15, -0.1) is 0 Å². The number of anilines is 1. The second kappa shape index (κ2) is 10.1. The molecule has 2 rings (SSSR count). The van der Waals surface area contributed by atoms with Crippen LogP contribution in [0.3, 0.4) is 0 Å². The minimum absolute atomic E-state index is 0.0292. The van der Waals surface area contributed by atoms with Crippen LogP contribution < -0.4 is 20.1 Å². The molecule has 0 heterocycles. The molecule has 8 nitrogen and oxygen atoms in total. The third-order valence-corrected chi connectivity index (χ3v) is 4.17. The monoisotopic (exact) mass is 400 g/mol. The van der Waals surface area contributed by atoms with Crippen molar-refractivity contribution in [3.63, 3.8) is 0 Å². The smallest absolute Gasteiger partial charge is 0.340 e. The largest absolute Gasteiger partial charge is 0.493 e. The number of methoxy groups -OCH3 is 3. The third kappa shape index (κ3) is 5.71. The summed E-state index contributed by atoms with van der Waals surface area (Å²) in [5, 5.41) is 5.46. The van der Waals surface area contributed by atoms with Gasteiger partial charge >= 0.3 is 5.97 Å². The first kappa shape index (κ1) is 21.7. The van der Waals surface area contributed by atoms with Crippen LogP contribution in [0.4, 0.5) is 5.69 Å². The molecule has 29 heavy (non-hydrogen) atoms. The molecule has 2 N–H and O–H groups in total. The van der Waals surface area contributed by atoms with E-state index in [-0.39, 0.29) is 23.6 Å². The number of hydrogen-bond acceptors (Lipinski definition) is 6. The van der Waals surface area contributed by atoms with Crippen molar-refractivity contribution in [2.24, 2.45) is 0 Å². The van der Waals surface area contributed by atoms with E-state index in [1.165, 1.54) is 40.4 Å². The third-order valence-electron chi connectivity index (χ3n) is 4.17. The SMILES string of the molecule is COC(=O)c1cc(OC)c(OC)cc1NC(=O)CC(NC(C)=O)c1ccccc1. The van der Waals surface area contributed by atoms with Crippen molar-refractivity contribution in [3.05, 3.63) is 53.6 Å². The summed E-state index contributed by atoms with van der Waals surface area (Å²) in [5.41, 5.74) is 1.13. The summed E-state index contributed by atoms with van der Waals surface area (Å²) in [6.45, 7) is 1.39. The maximum Gasteiger partial charge on any atom is 0.340 e. The maximum atomic E-state index is 12.7. The predicted octanol–water partition coefficient (Wildman–Crippen LogP) is 2.70. The average Bonchev–Trinajstić information content (AvgIpc) is 2.72. The Morgan fingerprint density at radius 2 is 1.59 bits per heavy atom. The highest BCUT2D eigenvalue weighted by Gasteiger charge is 2.21. The van der Waals surface area contributed by atoms with Crippen LogP contribution in [0.15, 0.2) is 42.5 Å². The molecule has 2 aromatic carbocycles. The van der Waals surface area contributed by atoms with E-state index in [1.54, 1.807) is 0 Å². The minimum atomic E-state index is -0.636. The molecule has 0 fully saturated rings. The predicted molar refractivity (Wildman–Crippen MR) is 107 cm³/mol. The van der Waals surface area contributed by atoms with E-state index in [2.05, 4.69) is 10.6 Å². The quantitative estimate of drug-likeness (QED) is 0.661. The zero-order valence-corrected chi connectivity index (χ0v) is 16.8. The molecule has 0 aliphatic heterocycles. The van der Waals surface area contributed by atoms with Crippen molar-refractivity contribution in [2.75, 3.05) is 26.6 Å². The van der Waals surface area contributed by atoms with Gasteiger partial charge in [-0.25, -0.2) is 4.79 Å². The Bertz CT molecular complexity index is 882. The lowest BCUT2D eigenvalue weighted by molar-refractivity contribution is -0.120. The normalized spacial score (nSPS) is 11.2. The Labute approximate surface area is 169 Å². The maximum absolute atomic E-state index is 12.7. The molecular weight excluding hydrogens is 376 g/mol. The second-order valence-electron chi connectivity index (χ2n) is 6.16. The van der Waals surface area contributed by atoms with Crippen LogP contribution in [-0.2, 0) is 14.3 Å². The molecule has 2 amide bonds. The number of nitrogens with one attached hydrogen (secondary N) is 2. The fraction of sp³-hybridized carbons (Fsp3) is 0.286. The summed E-state index contributed by atoms with van der Waals surface area (Å²) in [4.78, 5) is 36.4. The van der Waals surface area contributed by atoms with Gasteiger partial charge in [0.2, 0.25) is 11.8 Å². The zero-order valence-electron chi connectivity index (χ0n) is 16.8. The van der Waals surface area contributed by atoms with E-state index in [4.69, 9.17) is 14.2 Å².